The van der Waals surface area contributed by atoms with Crippen molar-refractivity contribution in [2.75, 3.05) is 5.32 Å². The van der Waals surface area contributed by atoms with Crippen LogP contribution in [0.2, 0.25) is 0 Å². The second kappa shape index (κ2) is 6.68. The molecule has 4 rings (SSSR count). The summed E-state index contributed by atoms with van der Waals surface area (Å²) < 4.78 is 41.5. The molecule has 4 aromatic rings. The Hall–Kier alpha value is -3.48. The summed E-state index contributed by atoms with van der Waals surface area (Å²) in [6.45, 7) is 1.63. The second-order valence-corrected chi connectivity index (χ2v) is 5.91. The van der Waals surface area contributed by atoms with Crippen molar-refractivity contribution in [2.45, 2.75) is 6.92 Å². The van der Waals surface area contributed by atoms with E-state index in [1.165, 1.54) is 12.3 Å². The zero-order valence-electron chi connectivity index (χ0n) is 14.2. The van der Waals surface area contributed by atoms with Crippen LogP contribution in [0.25, 0.3) is 22.2 Å². The van der Waals surface area contributed by atoms with E-state index in [4.69, 9.17) is 0 Å². The molecule has 0 fully saturated rings. The molecule has 2 aromatic heterocycles. The fourth-order valence-electron chi connectivity index (χ4n) is 2.81. The van der Waals surface area contributed by atoms with Crippen LogP contribution >= 0.6 is 0 Å². The summed E-state index contributed by atoms with van der Waals surface area (Å²) in [4.78, 5) is 12.2. The molecule has 2 heterocycles. The van der Waals surface area contributed by atoms with Crippen LogP contribution in [0, 0.1) is 24.4 Å². The fraction of sp³-hybridized carbons (Fsp3) is 0.0500. The van der Waals surface area contributed by atoms with Crippen molar-refractivity contribution in [2.24, 2.45) is 0 Å². The molecule has 0 unspecified atom stereocenters. The third-order valence-corrected chi connectivity index (χ3v) is 4.14. The lowest BCUT2D eigenvalue weighted by atomic mass is 10.0. The molecule has 0 bridgehead atoms. The molecule has 0 radical (unpaired) electrons. The van der Waals surface area contributed by atoms with E-state index in [0.29, 0.717) is 28.3 Å². The Morgan fingerprint density at radius 1 is 0.852 bits per heavy atom. The molecule has 134 valence electrons. The van der Waals surface area contributed by atoms with Crippen molar-refractivity contribution in [1.82, 2.24) is 15.0 Å². The summed E-state index contributed by atoms with van der Waals surface area (Å²) in [7, 11) is 0. The van der Waals surface area contributed by atoms with Gasteiger partial charge in [0.05, 0.1) is 17.4 Å². The number of para-hydroxylation sites is 1. The minimum absolute atomic E-state index is 0.133. The summed E-state index contributed by atoms with van der Waals surface area (Å²) in [6.07, 6.45) is 2.65. The van der Waals surface area contributed by atoms with Gasteiger partial charge in [0.2, 0.25) is 0 Å². The molecule has 0 spiro atoms. The van der Waals surface area contributed by atoms with Gasteiger partial charge in [-0.15, -0.1) is 0 Å². The topological polar surface area (TPSA) is 50.7 Å². The molecule has 27 heavy (non-hydrogen) atoms. The number of fused-ring (bicyclic) bond motifs is 1. The molecule has 0 aliphatic heterocycles. The van der Waals surface area contributed by atoms with Crippen LogP contribution in [0.1, 0.15) is 5.69 Å². The van der Waals surface area contributed by atoms with E-state index < -0.39 is 17.5 Å². The molecular formula is C20H13F3N4. The highest BCUT2D eigenvalue weighted by atomic mass is 19.2. The normalized spacial score (nSPS) is 11.0. The first kappa shape index (κ1) is 17.0. The Labute approximate surface area is 152 Å². The minimum atomic E-state index is -1.03. The summed E-state index contributed by atoms with van der Waals surface area (Å²) >= 11 is 0. The van der Waals surface area contributed by atoms with Crippen molar-refractivity contribution >= 4 is 22.5 Å². The number of nitrogens with zero attached hydrogens (tertiary/aromatic N) is 3. The number of hydrogen-bond acceptors (Lipinski definition) is 4. The number of halogens is 3. The Balaban J connectivity index is 1.81. The van der Waals surface area contributed by atoms with Crippen LogP contribution in [-0.4, -0.2) is 15.0 Å². The zero-order valence-corrected chi connectivity index (χ0v) is 14.2. The van der Waals surface area contributed by atoms with Gasteiger partial charge < -0.3 is 5.32 Å². The minimum Gasteiger partial charge on any atom is -0.338 e. The summed E-state index contributed by atoms with van der Waals surface area (Å²) in [5.41, 5.74) is 2.07. The maximum absolute atomic E-state index is 14.2. The maximum atomic E-state index is 14.2. The summed E-state index contributed by atoms with van der Waals surface area (Å²) in [6, 6.07) is 11.1. The molecule has 0 saturated carbocycles. The summed E-state index contributed by atoms with van der Waals surface area (Å²) in [5.74, 6) is -2.09. The van der Waals surface area contributed by atoms with Crippen LogP contribution < -0.4 is 5.32 Å². The van der Waals surface area contributed by atoms with Gasteiger partial charge in [-0.05, 0) is 31.2 Å². The van der Waals surface area contributed by atoms with Gasteiger partial charge in [0.1, 0.15) is 11.3 Å². The highest BCUT2D eigenvalue weighted by molar-refractivity contribution is 5.83. The first-order valence-electron chi connectivity index (χ1n) is 8.13. The molecule has 0 aliphatic rings. The first-order valence-corrected chi connectivity index (χ1v) is 8.13. The van der Waals surface area contributed by atoms with Gasteiger partial charge in [-0.25, -0.2) is 23.1 Å². The monoisotopic (exact) mass is 366 g/mol. The average molecular weight is 366 g/mol. The molecular weight excluding hydrogens is 353 g/mol. The third-order valence-electron chi connectivity index (χ3n) is 4.14. The highest BCUT2D eigenvalue weighted by Crippen LogP contribution is 2.32. The number of hydrogen-bond donors (Lipinski definition) is 1. The van der Waals surface area contributed by atoms with E-state index in [1.807, 2.05) is 0 Å². The number of anilines is 2. The van der Waals surface area contributed by atoms with Crippen LogP contribution in [0.3, 0.4) is 0 Å². The number of aromatic nitrogens is 3. The van der Waals surface area contributed by atoms with Crippen LogP contribution in [0.5, 0.6) is 0 Å². The van der Waals surface area contributed by atoms with E-state index in [0.717, 1.165) is 12.3 Å². The SMILES string of the molecule is Cc1nc2c(F)c(F)ccc2nc1Nc1ccccc1-c1ccncc1F. The zero-order chi connectivity index (χ0) is 19.0. The maximum Gasteiger partial charge on any atom is 0.186 e. The van der Waals surface area contributed by atoms with Crippen molar-refractivity contribution in [3.63, 3.8) is 0 Å². The Kier molecular flexibility index (Phi) is 4.19. The third kappa shape index (κ3) is 3.08. The van der Waals surface area contributed by atoms with Gasteiger partial charge in [-0.3, -0.25) is 4.98 Å². The molecule has 2 aromatic carbocycles. The fourth-order valence-corrected chi connectivity index (χ4v) is 2.81. The summed E-state index contributed by atoms with van der Waals surface area (Å²) in [5, 5.41) is 3.12. The second-order valence-electron chi connectivity index (χ2n) is 5.91. The predicted molar refractivity (Wildman–Crippen MR) is 97.1 cm³/mol. The largest absolute Gasteiger partial charge is 0.338 e. The molecule has 1 N–H and O–H groups in total. The molecule has 7 heteroatoms. The molecule has 0 amide bonds. The quantitative estimate of drug-likeness (QED) is 0.544. The smallest absolute Gasteiger partial charge is 0.186 e. The van der Waals surface area contributed by atoms with Crippen molar-refractivity contribution in [3.8, 4) is 11.1 Å². The average Bonchev–Trinajstić information content (AvgIpc) is 2.67. The van der Waals surface area contributed by atoms with Gasteiger partial charge >= 0.3 is 0 Å². The van der Waals surface area contributed by atoms with E-state index in [-0.39, 0.29) is 11.0 Å². The Bertz CT molecular complexity index is 1160. The number of aryl methyl sites for hydroxylation is 1. The lowest BCUT2D eigenvalue weighted by molar-refractivity contribution is 0.515. The lowest BCUT2D eigenvalue weighted by Crippen LogP contribution is -2.03. The van der Waals surface area contributed by atoms with E-state index >= 15 is 0 Å². The van der Waals surface area contributed by atoms with Crippen molar-refractivity contribution in [1.29, 1.82) is 0 Å². The van der Waals surface area contributed by atoms with Crippen LogP contribution in [-0.2, 0) is 0 Å². The highest BCUT2D eigenvalue weighted by Gasteiger charge is 2.15. The van der Waals surface area contributed by atoms with Crippen LogP contribution in [0.4, 0.5) is 24.7 Å². The number of benzene rings is 2. The number of nitrogens with one attached hydrogen (secondary N) is 1. The molecule has 4 nitrogen and oxygen atoms in total. The molecule has 0 atom stereocenters. The van der Waals surface area contributed by atoms with Gasteiger partial charge in [0, 0.05) is 23.0 Å². The molecule has 0 saturated heterocycles. The first-order chi connectivity index (χ1) is 13.0. The van der Waals surface area contributed by atoms with E-state index in [9.17, 15) is 13.2 Å². The number of rotatable bonds is 3. The lowest BCUT2D eigenvalue weighted by Gasteiger charge is -2.14. The van der Waals surface area contributed by atoms with Gasteiger partial charge in [-0.2, -0.15) is 0 Å². The van der Waals surface area contributed by atoms with Crippen molar-refractivity contribution in [3.05, 3.63) is 78.0 Å². The van der Waals surface area contributed by atoms with Crippen molar-refractivity contribution < 1.29 is 13.2 Å². The standard InChI is InChI=1S/C20H13F3N4/c1-11-20(27-17-7-6-14(21)18(23)19(17)25-11)26-16-5-3-2-4-13(16)12-8-9-24-10-15(12)22/h2-10H,1H3,(H,26,27). The number of pyridine rings is 1. The predicted octanol–water partition coefficient (Wildman–Crippen LogP) is 5.16. The van der Waals surface area contributed by atoms with Gasteiger partial charge in [0.15, 0.2) is 17.5 Å². The molecule has 0 aliphatic carbocycles. The Morgan fingerprint density at radius 3 is 2.48 bits per heavy atom. The van der Waals surface area contributed by atoms with E-state index in [1.54, 1.807) is 37.3 Å². The van der Waals surface area contributed by atoms with Gasteiger partial charge in [-0.1, -0.05) is 18.2 Å². The van der Waals surface area contributed by atoms with Gasteiger partial charge in [0.25, 0.3) is 0 Å². The van der Waals surface area contributed by atoms with Crippen LogP contribution in [0.15, 0.2) is 54.9 Å². The van der Waals surface area contributed by atoms with E-state index in [2.05, 4.69) is 20.3 Å². The Morgan fingerprint density at radius 2 is 1.67 bits per heavy atom.